The maximum atomic E-state index is 12.4. The lowest BCUT2D eigenvalue weighted by molar-refractivity contribution is -0.139. The summed E-state index contributed by atoms with van der Waals surface area (Å²) in [5.41, 5.74) is 2.28. The van der Waals surface area contributed by atoms with Gasteiger partial charge in [0.15, 0.2) is 0 Å². The van der Waals surface area contributed by atoms with Crippen molar-refractivity contribution >= 4 is 17.5 Å². The van der Waals surface area contributed by atoms with Crippen LogP contribution in [0.5, 0.6) is 0 Å². The lowest BCUT2D eigenvalue weighted by Crippen LogP contribution is -2.50. The Morgan fingerprint density at radius 3 is 2.37 bits per heavy atom. The molecule has 2 aliphatic rings. The SMILES string of the molecule is CN1CCN([C@@H](CNC(=O)C(=O)NC[C@@H]2CCCO2)c2ccc(N(C)C)cc2)CC1. The molecule has 0 aromatic heterocycles. The number of hydrogen-bond donors (Lipinski definition) is 2. The molecule has 2 heterocycles. The van der Waals surface area contributed by atoms with Crippen molar-refractivity contribution in [3.63, 3.8) is 0 Å². The second kappa shape index (κ2) is 10.7. The Kier molecular flexibility index (Phi) is 8.07. The van der Waals surface area contributed by atoms with Gasteiger partial charge in [0.05, 0.1) is 12.1 Å². The molecule has 1 aromatic rings. The summed E-state index contributed by atoms with van der Waals surface area (Å²) in [5, 5.41) is 5.54. The molecule has 0 saturated carbocycles. The summed E-state index contributed by atoms with van der Waals surface area (Å²) in [4.78, 5) is 31.3. The van der Waals surface area contributed by atoms with Gasteiger partial charge in [0, 0.05) is 65.7 Å². The summed E-state index contributed by atoms with van der Waals surface area (Å²) in [6.07, 6.45) is 1.96. The second-order valence-corrected chi connectivity index (χ2v) is 8.40. The van der Waals surface area contributed by atoms with Gasteiger partial charge in [-0.3, -0.25) is 14.5 Å². The minimum absolute atomic E-state index is 0.0232. The average molecular weight is 418 g/mol. The van der Waals surface area contributed by atoms with Crippen LogP contribution in [0, 0.1) is 0 Å². The number of benzene rings is 1. The highest BCUT2D eigenvalue weighted by molar-refractivity contribution is 6.35. The van der Waals surface area contributed by atoms with Crippen molar-refractivity contribution in [1.29, 1.82) is 0 Å². The van der Waals surface area contributed by atoms with Crippen molar-refractivity contribution in [3.8, 4) is 0 Å². The topological polar surface area (TPSA) is 77.1 Å². The summed E-state index contributed by atoms with van der Waals surface area (Å²) in [7, 11) is 6.16. The number of anilines is 1. The van der Waals surface area contributed by atoms with Gasteiger partial charge in [0.25, 0.3) is 0 Å². The van der Waals surface area contributed by atoms with Crippen LogP contribution in [0.15, 0.2) is 24.3 Å². The number of nitrogens with zero attached hydrogens (tertiary/aromatic N) is 3. The number of carbonyl (C=O) groups is 2. The van der Waals surface area contributed by atoms with Gasteiger partial charge in [-0.1, -0.05) is 12.1 Å². The van der Waals surface area contributed by atoms with E-state index in [9.17, 15) is 9.59 Å². The van der Waals surface area contributed by atoms with Crippen LogP contribution in [0.25, 0.3) is 0 Å². The summed E-state index contributed by atoms with van der Waals surface area (Å²) < 4.78 is 5.49. The summed E-state index contributed by atoms with van der Waals surface area (Å²) >= 11 is 0. The van der Waals surface area contributed by atoms with Gasteiger partial charge in [0.1, 0.15) is 0 Å². The molecular formula is C22H35N5O3. The first-order chi connectivity index (χ1) is 14.4. The molecular weight excluding hydrogens is 382 g/mol. The van der Waals surface area contributed by atoms with Crippen LogP contribution in [-0.4, -0.2) is 94.7 Å². The predicted molar refractivity (Wildman–Crippen MR) is 118 cm³/mol. The molecule has 2 atom stereocenters. The number of nitrogens with one attached hydrogen (secondary N) is 2. The lowest BCUT2D eigenvalue weighted by atomic mass is 10.0. The first-order valence-electron chi connectivity index (χ1n) is 10.8. The van der Waals surface area contributed by atoms with Crippen molar-refractivity contribution in [2.45, 2.75) is 25.0 Å². The highest BCUT2D eigenvalue weighted by atomic mass is 16.5. The Hall–Kier alpha value is -2.16. The van der Waals surface area contributed by atoms with E-state index in [1.165, 1.54) is 0 Å². The monoisotopic (exact) mass is 417 g/mol. The maximum Gasteiger partial charge on any atom is 0.309 e. The molecule has 3 rings (SSSR count). The normalized spacial score (nSPS) is 21.2. The highest BCUT2D eigenvalue weighted by Crippen LogP contribution is 2.24. The molecule has 0 aliphatic carbocycles. The summed E-state index contributed by atoms with van der Waals surface area (Å²) in [6, 6.07) is 8.44. The number of rotatable bonds is 7. The molecule has 30 heavy (non-hydrogen) atoms. The number of hydrogen-bond acceptors (Lipinski definition) is 6. The lowest BCUT2D eigenvalue weighted by Gasteiger charge is -2.38. The Balaban J connectivity index is 1.60. The van der Waals surface area contributed by atoms with Crippen LogP contribution in [0.2, 0.25) is 0 Å². The molecule has 0 radical (unpaired) electrons. The Bertz CT molecular complexity index is 695. The van der Waals surface area contributed by atoms with Crippen LogP contribution >= 0.6 is 0 Å². The Morgan fingerprint density at radius 2 is 1.77 bits per heavy atom. The van der Waals surface area contributed by atoms with Gasteiger partial charge >= 0.3 is 11.8 Å². The number of ether oxygens (including phenoxy) is 1. The van der Waals surface area contributed by atoms with Crippen molar-refractivity contribution in [3.05, 3.63) is 29.8 Å². The van der Waals surface area contributed by atoms with Crippen molar-refractivity contribution in [2.24, 2.45) is 0 Å². The van der Waals surface area contributed by atoms with E-state index in [1.54, 1.807) is 0 Å². The fourth-order valence-electron chi connectivity index (χ4n) is 3.95. The minimum atomic E-state index is -0.592. The third-order valence-electron chi connectivity index (χ3n) is 5.95. The van der Waals surface area contributed by atoms with E-state index in [2.05, 4.69) is 56.6 Å². The average Bonchev–Trinajstić information content (AvgIpc) is 3.27. The first-order valence-corrected chi connectivity index (χ1v) is 10.8. The van der Waals surface area contributed by atoms with Gasteiger partial charge in [-0.05, 0) is 37.6 Å². The third-order valence-corrected chi connectivity index (χ3v) is 5.95. The number of amides is 2. The highest BCUT2D eigenvalue weighted by Gasteiger charge is 2.26. The van der Waals surface area contributed by atoms with E-state index in [0.717, 1.165) is 56.9 Å². The Labute approximate surface area is 179 Å². The standard InChI is InChI=1S/C22H35N5O3/c1-25(2)18-8-6-17(7-9-18)20(27-12-10-26(3)11-13-27)16-24-22(29)21(28)23-15-19-5-4-14-30-19/h6-9,19-20H,4-5,10-16H2,1-3H3,(H,23,28)(H,24,29)/t19-,20-/m0/s1. The number of piperazine rings is 1. The maximum absolute atomic E-state index is 12.4. The molecule has 166 valence electrons. The van der Waals surface area contributed by atoms with E-state index < -0.39 is 11.8 Å². The van der Waals surface area contributed by atoms with E-state index >= 15 is 0 Å². The predicted octanol–water partition coefficient (Wildman–Crippen LogP) is 0.453. The van der Waals surface area contributed by atoms with E-state index in [-0.39, 0.29) is 12.1 Å². The van der Waals surface area contributed by atoms with Gasteiger partial charge in [-0.25, -0.2) is 0 Å². The molecule has 0 bridgehead atoms. The molecule has 2 N–H and O–H groups in total. The number of likely N-dealkylation sites (N-methyl/N-ethyl adjacent to an activating group) is 1. The molecule has 8 heteroatoms. The van der Waals surface area contributed by atoms with Gasteiger partial charge < -0.3 is 25.2 Å². The van der Waals surface area contributed by atoms with Crippen LogP contribution in [0.4, 0.5) is 5.69 Å². The fraction of sp³-hybridized carbons (Fsp3) is 0.636. The molecule has 2 amide bonds. The quantitative estimate of drug-likeness (QED) is 0.628. The molecule has 2 fully saturated rings. The minimum Gasteiger partial charge on any atom is -0.378 e. The van der Waals surface area contributed by atoms with Gasteiger partial charge in [-0.2, -0.15) is 0 Å². The first kappa shape index (κ1) is 22.5. The molecule has 0 unspecified atom stereocenters. The summed E-state index contributed by atoms with van der Waals surface area (Å²) in [6.45, 7) is 5.35. The zero-order valence-corrected chi connectivity index (χ0v) is 18.4. The molecule has 1 aromatic carbocycles. The van der Waals surface area contributed by atoms with E-state index in [0.29, 0.717) is 13.1 Å². The third kappa shape index (κ3) is 6.17. The van der Waals surface area contributed by atoms with Crippen LogP contribution in [-0.2, 0) is 14.3 Å². The molecule has 8 nitrogen and oxygen atoms in total. The molecule has 2 aliphatic heterocycles. The van der Waals surface area contributed by atoms with Gasteiger partial charge in [-0.15, -0.1) is 0 Å². The van der Waals surface area contributed by atoms with Gasteiger partial charge in [0.2, 0.25) is 0 Å². The van der Waals surface area contributed by atoms with Crippen LogP contribution in [0.3, 0.4) is 0 Å². The smallest absolute Gasteiger partial charge is 0.309 e. The number of carbonyl (C=O) groups excluding carboxylic acids is 2. The van der Waals surface area contributed by atoms with Crippen molar-refractivity contribution in [1.82, 2.24) is 20.4 Å². The zero-order valence-electron chi connectivity index (χ0n) is 18.4. The Morgan fingerprint density at radius 1 is 1.10 bits per heavy atom. The van der Waals surface area contributed by atoms with Crippen LogP contribution in [0.1, 0.15) is 24.4 Å². The second-order valence-electron chi connectivity index (χ2n) is 8.40. The van der Waals surface area contributed by atoms with E-state index in [1.807, 2.05) is 14.1 Å². The largest absolute Gasteiger partial charge is 0.378 e. The summed E-state index contributed by atoms with van der Waals surface area (Å²) in [5.74, 6) is -1.18. The fourth-order valence-corrected chi connectivity index (χ4v) is 3.95. The van der Waals surface area contributed by atoms with E-state index in [4.69, 9.17) is 4.74 Å². The van der Waals surface area contributed by atoms with Crippen LogP contribution < -0.4 is 15.5 Å². The molecule has 0 spiro atoms. The zero-order chi connectivity index (χ0) is 21.5. The van der Waals surface area contributed by atoms with Crippen molar-refractivity contribution in [2.75, 3.05) is 71.9 Å². The molecule has 2 saturated heterocycles. The van der Waals surface area contributed by atoms with Crippen molar-refractivity contribution < 1.29 is 14.3 Å².